The summed E-state index contributed by atoms with van der Waals surface area (Å²) in [6, 6.07) is 0. The molecule has 0 heterocycles. The molecule has 4 nitrogen and oxygen atoms in total. The molecule has 4 rings (SSSR count). The monoisotopic (exact) mass is 350 g/mol. The molecule has 4 aliphatic carbocycles. The first-order chi connectivity index (χ1) is 11.8. The minimum absolute atomic E-state index is 0.123. The van der Waals surface area contributed by atoms with Crippen molar-refractivity contribution >= 4 is 5.78 Å². The van der Waals surface area contributed by atoms with Crippen molar-refractivity contribution in [3.63, 3.8) is 0 Å². The topological polar surface area (TPSA) is 77.8 Å². The van der Waals surface area contributed by atoms with Crippen LogP contribution in [-0.2, 0) is 4.79 Å². The van der Waals surface area contributed by atoms with Crippen LogP contribution in [0.3, 0.4) is 0 Å². The molecule has 0 aliphatic heterocycles. The number of hydrogen-bond acceptors (Lipinski definition) is 4. The molecule has 8 atom stereocenters. The second kappa shape index (κ2) is 5.77. The van der Waals surface area contributed by atoms with Crippen molar-refractivity contribution in [3.05, 3.63) is 0 Å². The third-order valence-corrected chi connectivity index (χ3v) is 9.39. The summed E-state index contributed by atoms with van der Waals surface area (Å²) in [5.74, 6) is 1.87. The Hall–Kier alpha value is -0.450. The number of carbonyl (C=O) groups is 1. The molecule has 142 valence electrons. The van der Waals surface area contributed by atoms with Gasteiger partial charge in [-0.15, -0.1) is 0 Å². The predicted octanol–water partition coefficient (Wildman–Crippen LogP) is 2.68. The molecule has 0 aromatic heterocycles. The van der Waals surface area contributed by atoms with Gasteiger partial charge in [-0.1, -0.05) is 13.8 Å². The first-order valence-corrected chi connectivity index (χ1v) is 10.3. The number of hydrogen-bond donors (Lipinski definition) is 3. The number of carbonyl (C=O) groups excluding carboxylic acids is 1. The van der Waals surface area contributed by atoms with Gasteiger partial charge in [-0.25, -0.2) is 0 Å². The molecule has 0 bridgehead atoms. The molecular weight excluding hydrogens is 316 g/mol. The van der Waals surface area contributed by atoms with Gasteiger partial charge < -0.3 is 15.3 Å². The summed E-state index contributed by atoms with van der Waals surface area (Å²) in [4.78, 5) is 12.4. The van der Waals surface area contributed by atoms with Crippen LogP contribution in [0.4, 0.5) is 0 Å². The van der Waals surface area contributed by atoms with Crippen LogP contribution < -0.4 is 0 Å². The molecule has 25 heavy (non-hydrogen) atoms. The highest BCUT2D eigenvalue weighted by Crippen LogP contribution is 2.68. The maximum atomic E-state index is 12.4. The minimum atomic E-state index is -1.34. The fourth-order valence-electron chi connectivity index (χ4n) is 7.84. The SMILES string of the molecule is CC12CCC(O)CC1CCC1C2CCC2(C)C1CCC2(O)C(=O)CO. The Morgan fingerprint density at radius 1 is 1.00 bits per heavy atom. The quantitative estimate of drug-likeness (QED) is 0.715. The van der Waals surface area contributed by atoms with Crippen molar-refractivity contribution in [2.75, 3.05) is 6.61 Å². The number of fused-ring (bicyclic) bond motifs is 5. The molecule has 4 fully saturated rings. The van der Waals surface area contributed by atoms with Crippen LogP contribution in [0.1, 0.15) is 71.6 Å². The Morgan fingerprint density at radius 3 is 2.44 bits per heavy atom. The lowest BCUT2D eigenvalue weighted by Crippen LogP contribution is -2.59. The van der Waals surface area contributed by atoms with E-state index in [4.69, 9.17) is 0 Å². The molecule has 0 radical (unpaired) electrons. The standard InChI is InChI=1S/C21H34O4/c1-19-8-5-14(23)11-13(19)3-4-15-16(19)6-9-20(2)17(15)7-10-21(20,25)18(24)12-22/h13-17,22-23,25H,3-12H2,1-2H3. The van der Waals surface area contributed by atoms with Crippen molar-refractivity contribution < 1.29 is 20.1 Å². The van der Waals surface area contributed by atoms with E-state index in [1.165, 1.54) is 12.8 Å². The molecule has 0 amide bonds. The first kappa shape index (κ1) is 17.9. The smallest absolute Gasteiger partial charge is 0.190 e. The number of aliphatic hydroxyl groups is 3. The number of aliphatic hydroxyl groups excluding tert-OH is 2. The molecule has 4 aliphatic rings. The lowest BCUT2D eigenvalue weighted by molar-refractivity contribution is -0.174. The van der Waals surface area contributed by atoms with Crippen molar-refractivity contribution in [1.82, 2.24) is 0 Å². The van der Waals surface area contributed by atoms with Crippen LogP contribution in [-0.4, -0.2) is 39.4 Å². The average molecular weight is 350 g/mol. The zero-order valence-electron chi connectivity index (χ0n) is 15.7. The Labute approximate surface area is 151 Å². The number of rotatable bonds is 2. The Bertz CT molecular complexity index is 562. The van der Waals surface area contributed by atoms with Gasteiger partial charge in [0.25, 0.3) is 0 Å². The van der Waals surface area contributed by atoms with Gasteiger partial charge in [-0.05, 0) is 86.9 Å². The van der Waals surface area contributed by atoms with Crippen LogP contribution in [0, 0.1) is 34.5 Å². The van der Waals surface area contributed by atoms with Gasteiger partial charge in [0.1, 0.15) is 12.2 Å². The summed E-state index contributed by atoms with van der Waals surface area (Å²) in [7, 11) is 0. The summed E-state index contributed by atoms with van der Waals surface area (Å²) in [5.41, 5.74) is -1.41. The summed E-state index contributed by atoms with van der Waals surface area (Å²) in [5, 5.41) is 30.7. The van der Waals surface area contributed by atoms with Crippen molar-refractivity contribution in [1.29, 1.82) is 0 Å². The molecular formula is C21H34O4. The van der Waals surface area contributed by atoms with Crippen LogP contribution >= 0.6 is 0 Å². The molecule has 0 spiro atoms. The zero-order chi connectivity index (χ0) is 18.0. The van der Waals surface area contributed by atoms with Gasteiger partial charge in [0.05, 0.1) is 6.10 Å². The number of Topliss-reactive ketones (excluding diaryl/α,β-unsaturated/α-hetero) is 1. The van der Waals surface area contributed by atoms with E-state index in [-0.39, 0.29) is 17.3 Å². The van der Waals surface area contributed by atoms with E-state index >= 15 is 0 Å². The molecule has 0 saturated heterocycles. The lowest BCUT2D eigenvalue weighted by Gasteiger charge is -2.61. The van der Waals surface area contributed by atoms with E-state index < -0.39 is 12.2 Å². The fourth-order valence-corrected chi connectivity index (χ4v) is 7.84. The Balaban J connectivity index is 1.63. The van der Waals surface area contributed by atoms with Crippen LogP contribution in [0.5, 0.6) is 0 Å². The van der Waals surface area contributed by atoms with Crippen molar-refractivity contribution in [2.45, 2.75) is 83.3 Å². The van der Waals surface area contributed by atoms with Gasteiger partial charge >= 0.3 is 0 Å². The second-order valence-corrected chi connectivity index (χ2v) is 10.0. The molecule has 4 heteroatoms. The van der Waals surface area contributed by atoms with Crippen molar-refractivity contribution in [2.24, 2.45) is 34.5 Å². The molecule has 8 unspecified atom stereocenters. The lowest BCUT2D eigenvalue weighted by atomic mass is 9.44. The highest BCUT2D eigenvalue weighted by atomic mass is 16.3. The zero-order valence-corrected chi connectivity index (χ0v) is 15.7. The van der Waals surface area contributed by atoms with E-state index in [0.29, 0.717) is 35.5 Å². The van der Waals surface area contributed by atoms with Crippen LogP contribution in [0.15, 0.2) is 0 Å². The largest absolute Gasteiger partial charge is 0.393 e. The van der Waals surface area contributed by atoms with Gasteiger partial charge in [0, 0.05) is 5.41 Å². The highest BCUT2D eigenvalue weighted by molar-refractivity contribution is 5.89. The summed E-state index contributed by atoms with van der Waals surface area (Å²) < 4.78 is 0. The van der Waals surface area contributed by atoms with Crippen LogP contribution in [0.2, 0.25) is 0 Å². The minimum Gasteiger partial charge on any atom is -0.393 e. The molecule has 4 saturated carbocycles. The third kappa shape index (κ3) is 2.26. The first-order valence-electron chi connectivity index (χ1n) is 10.3. The normalized spacial score (nSPS) is 55.2. The molecule has 0 aromatic rings. The molecule has 3 N–H and O–H groups in total. The summed E-state index contributed by atoms with van der Waals surface area (Å²) in [6.07, 6.45) is 8.58. The molecule has 0 aromatic carbocycles. The van der Waals surface area contributed by atoms with Gasteiger partial charge in [0.2, 0.25) is 0 Å². The fraction of sp³-hybridized carbons (Fsp3) is 0.952. The average Bonchev–Trinajstić information content (AvgIpc) is 2.87. The predicted molar refractivity (Wildman–Crippen MR) is 94.8 cm³/mol. The van der Waals surface area contributed by atoms with E-state index in [1.807, 2.05) is 0 Å². The Kier molecular flexibility index (Phi) is 4.14. The Morgan fingerprint density at radius 2 is 1.72 bits per heavy atom. The highest BCUT2D eigenvalue weighted by Gasteiger charge is 2.66. The van der Waals surface area contributed by atoms with E-state index in [0.717, 1.165) is 38.5 Å². The van der Waals surface area contributed by atoms with Gasteiger partial charge in [-0.2, -0.15) is 0 Å². The maximum absolute atomic E-state index is 12.4. The second-order valence-electron chi connectivity index (χ2n) is 10.0. The van der Waals surface area contributed by atoms with E-state index in [1.54, 1.807) is 0 Å². The number of ketones is 1. The summed E-state index contributed by atoms with van der Waals surface area (Å²) in [6.45, 7) is 4.00. The van der Waals surface area contributed by atoms with Crippen LogP contribution in [0.25, 0.3) is 0 Å². The van der Waals surface area contributed by atoms with E-state index in [2.05, 4.69) is 13.8 Å². The van der Waals surface area contributed by atoms with Gasteiger partial charge in [-0.3, -0.25) is 4.79 Å². The van der Waals surface area contributed by atoms with E-state index in [9.17, 15) is 20.1 Å². The maximum Gasteiger partial charge on any atom is 0.190 e. The van der Waals surface area contributed by atoms with Crippen molar-refractivity contribution in [3.8, 4) is 0 Å². The van der Waals surface area contributed by atoms with Gasteiger partial charge in [0.15, 0.2) is 5.78 Å². The third-order valence-electron chi connectivity index (χ3n) is 9.39. The summed E-state index contributed by atoms with van der Waals surface area (Å²) >= 11 is 0.